The first-order chi connectivity index (χ1) is 12.6. The fraction of sp³-hybridized carbons (Fsp3) is 0.263. The maximum absolute atomic E-state index is 13.5. The van der Waals surface area contributed by atoms with Crippen LogP contribution in [0.4, 0.5) is 9.18 Å². The van der Waals surface area contributed by atoms with Crippen molar-refractivity contribution in [1.29, 1.82) is 0 Å². The van der Waals surface area contributed by atoms with E-state index in [1.165, 1.54) is 19.2 Å². The van der Waals surface area contributed by atoms with Crippen LogP contribution in [0.15, 0.2) is 48.5 Å². The highest BCUT2D eigenvalue weighted by Gasteiger charge is 2.27. The first kappa shape index (κ1) is 17.7. The van der Waals surface area contributed by atoms with E-state index in [2.05, 4.69) is 0 Å². The van der Waals surface area contributed by atoms with E-state index < -0.39 is 11.9 Å². The van der Waals surface area contributed by atoms with Gasteiger partial charge in [-0.15, -0.1) is 0 Å². The monoisotopic (exact) mass is 358 g/mol. The number of hydrogen-bond acceptors (Lipinski definition) is 4. The van der Waals surface area contributed by atoms with Crippen LogP contribution in [0.2, 0.25) is 0 Å². The summed E-state index contributed by atoms with van der Waals surface area (Å²) >= 11 is 0. The lowest BCUT2D eigenvalue weighted by Crippen LogP contribution is -2.51. The highest BCUT2D eigenvalue weighted by atomic mass is 19.1. The van der Waals surface area contributed by atoms with Gasteiger partial charge in [0, 0.05) is 26.2 Å². The Morgan fingerprint density at radius 3 is 2.27 bits per heavy atom. The minimum Gasteiger partial charge on any atom is -0.496 e. The second kappa shape index (κ2) is 7.86. The third-order valence-electron chi connectivity index (χ3n) is 4.17. The van der Waals surface area contributed by atoms with E-state index >= 15 is 0 Å². The van der Waals surface area contributed by atoms with E-state index in [0.717, 1.165) is 6.07 Å². The predicted octanol–water partition coefficient (Wildman–Crippen LogP) is 2.79. The summed E-state index contributed by atoms with van der Waals surface area (Å²) < 4.78 is 23.9. The molecule has 1 saturated heterocycles. The Hall–Kier alpha value is -3.09. The Bertz CT molecular complexity index is 789. The van der Waals surface area contributed by atoms with Crippen LogP contribution in [0.25, 0.3) is 0 Å². The quantitative estimate of drug-likeness (QED) is 0.847. The Labute approximate surface area is 150 Å². The average molecular weight is 358 g/mol. The van der Waals surface area contributed by atoms with Crippen molar-refractivity contribution < 1.29 is 23.5 Å². The Morgan fingerprint density at radius 1 is 0.962 bits per heavy atom. The van der Waals surface area contributed by atoms with Crippen molar-refractivity contribution >= 4 is 12.0 Å². The number of ether oxygens (including phenoxy) is 2. The number of nitrogens with zero attached hydrogens (tertiary/aromatic N) is 2. The lowest BCUT2D eigenvalue weighted by molar-refractivity contribution is 0.0630. The molecule has 1 aliphatic heterocycles. The molecule has 2 aromatic carbocycles. The molecule has 0 aromatic heterocycles. The predicted molar refractivity (Wildman–Crippen MR) is 92.9 cm³/mol. The second-order valence-corrected chi connectivity index (χ2v) is 5.80. The van der Waals surface area contributed by atoms with Crippen molar-refractivity contribution in [3.05, 3.63) is 59.9 Å². The van der Waals surface area contributed by atoms with Crippen LogP contribution in [0.5, 0.6) is 11.5 Å². The highest BCUT2D eigenvalue weighted by molar-refractivity contribution is 5.97. The van der Waals surface area contributed by atoms with Crippen LogP contribution in [0.3, 0.4) is 0 Å². The van der Waals surface area contributed by atoms with Gasteiger partial charge >= 0.3 is 6.09 Å². The number of para-hydroxylation sites is 1. The molecule has 0 radical (unpaired) electrons. The number of halogens is 1. The molecule has 0 bridgehead atoms. The SMILES string of the molecule is COc1ccc(F)cc1C(=O)N1CCN(C(=O)Oc2ccccc2)CC1. The molecular formula is C19H19FN2O4. The Kier molecular flexibility index (Phi) is 5.36. The molecule has 0 aliphatic carbocycles. The van der Waals surface area contributed by atoms with E-state index in [0.29, 0.717) is 37.7 Å². The molecular weight excluding hydrogens is 339 g/mol. The summed E-state index contributed by atoms with van der Waals surface area (Å²) in [4.78, 5) is 27.9. The lowest BCUT2D eigenvalue weighted by Gasteiger charge is -2.34. The molecule has 136 valence electrons. The van der Waals surface area contributed by atoms with E-state index in [-0.39, 0.29) is 11.5 Å². The van der Waals surface area contributed by atoms with Crippen LogP contribution in [-0.4, -0.2) is 55.1 Å². The number of carbonyl (C=O) groups is 2. The van der Waals surface area contributed by atoms with Gasteiger partial charge in [-0.2, -0.15) is 0 Å². The molecule has 1 heterocycles. The topological polar surface area (TPSA) is 59.1 Å². The minimum absolute atomic E-state index is 0.174. The molecule has 1 aliphatic rings. The van der Waals surface area contributed by atoms with E-state index in [9.17, 15) is 14.0 Å². The molecule has 26 heavy (non-hydrogen) atoms. The molecule has 1 fully saturated rings. The number of carbonyl (C=O) groups excluding carboxylic acids is 2. The number of amides is 2. The van der Waals surface area contributed by atoms with Gasteiger partial charge < -0.3 is 19.3 Å². The highest BCUT2D eigenvalue weighted by Crippen LogP contribution is 2.22. The summed E-state index contributed by atoms with van der Waals surface area (Å²) in [6.45, 7) is 1.36. The van der Waals surface area contributed by atoms with Gasteiger partial charge in [0.2, 0.25) is 0 Å². The van der Waals surface area contributed by atoms with Gasteiger partial charge in [0.15, 0.2) is 0 Å². The molecule has 3 rings (SSSR count). The van der Waals surface area contributed by atoms with Crippen molar-refractivity contribution in [1.82, 2.24) is 9.80 Å². The smallest absolute Gasteiger partial charge is 0.415 e. The first-order valence-electron chi connectivity index (χ1n) is 8.23. The molecule has 0 saturated carbocycles. The Morgan fingerprint density at radius 2 is 1.62 bits per heavy atom. The van der Waals surface area contributed by atoms with Crippen molar-refractivity contribution in [2.45, 2.75) is 0 Å². The Balaban J connectivity index is 1.60. The summed E-state index contributed by atoms with van der Waals surface area (Å²) in [7, 11) is 1.43. The van der Waals surface area contributed by atoms with Gasteiger partial charge in [0.05, 0.1) is 12.7 Å². The van der Waals surface area contributed by atoms with Gasteiger partial charge in [-0.05, 0) is 30.3 Å². The fourth-order valence-corrected chi connectivity index (χ4v) is 2.76. The number of hydrogen-bond donors (Lipinski definition) is 0. The summed E-state index contributed by atoms with van der Waals surface area (Å²) in [5.74, 6) is -0.0283. The molecule has 7 heteroatoms. The maximum atomic E-state index is 13.5. The van der Waals surface area contributed by atoms with E-state index in [1.807, 2.05) is 6.07 Å². The number of methoxy groups -OCH3 is 1. The van der Waals surface area contributed by atoms with Gasteiger partial charge in [0.25, 0.3) is 5.91 Å². The normalized spacial score (nSPS) is 14.1. The van der Waals surface area contributed by atoms with Crippen LogP contribution in [0, 0.1) is 5.82 Å². The zero-order valence-electron chi connectivity index (χ0n) is 14.4. The minimum atomic E-state index is -0.501. The third-order valence-corrected chi connectivity index (χ3v) is 4.17. The maximum Gasteiger partial charge on any atom is 0.415 e. The van der Waals surface area contributed by atoms with Gasteiger partial charge in [-0.1, -0.05) is 18.2 Å². The van der Waals surface area contributed by atoms with Crippen molar-refractivity contribution in [2.24, 2.45) is 0 Å². The largest absolute Gasteiger partial charge is 0.496 e. The van der Waals surface area contributed by atoms with E-state index in [1.54, 1.807) is 34.1 Å². The molecule has 2 amide bonds. The zero-order valence-corrected chi connectivity index (χ0v) is 14.4. The van der Waals surface area contributed by atoms with Crippen molar-refractivity contribution in [3.63, 3.8) is 0 Å². The molecule has 6 nitrogen and oxygen atoms in total. The zero-order chi connectivity index (χ0) is 18.5. The molecule has 0 N–H and O–H groups in total. The van der Waals surface area contributed by atoms with Gasteiger partial charge in [-0.3, -0.25) is 4.79 Å². The summed E-state index contributed by atoms with van der Waals surface area (Å²) in [6, 6.07) is 12.6. The standard InChI is InChI=1S/C19H19FN2O4/c1-25-17-8-7-14(20)13-16(17)18(23)21-9-11-22(12-10-21)19(24)26-15-5-3-2-4-6-15/h2-8,13H,9-12H2,1H3. The second-order valence-electron chi connectivity index (χ2n) is 5.80. The molecule has 2 aromatic rings. The number of piperazine rings is 1. The third kappa shape index (κ3) is 3.93. The van der Waals surface area contributed by atoms with Crippen molar-refractivity contribution in [3.8, 4) is 11.5 Å². The van der Waals surface area contributed by atoms with Gasteiger partial charge in [0.1, 0.15) is 17.3 Å². The number of rotatable bonds is 3. The van der Waals surface area contributed by atoms with Gasteiger partial charge in [-0.25, -0.2) is 9.18 Å². The van der Waals surface area contributed by atoms with Crippen LogP contribution < -0.4 is 9.47 Å². The average Bonchev–Trinajstić information content (AvgIpc) is 2.68. The van der Waals surface area contributed by atoms with E-state index in [4.69, 9.17) is 9.47 Å². The first-order valence-corrected chi connectivity index (χ1v) is 8.23. The summed E-state index contributed by atoms with van der Waals surface area (Å²) in [6.07, 6.45) is -0.452. The molecule has 0 atom stereocenters. The lowest BCUT2D eigenvalue weighted by atomic mass is 10.1. The van der Waals surface area contributed by atoms with Crippen LogP contribution in [0.1, 0.15) is 10.4 Å². The molecule has 0 spiro atoms. The van der Waals surface area contributed by atoms with Crippen LogP contribution >= 0.6 is 0 Å². The van der Waals surface area contributed by atoms with Crippen LogP contribution in [-0.2, 0) is 0 Å². The number of benzene rings is 2. The van der Waals surface area contributed by atoms with Crippen molar-refractivity contribution in [2.75, 3.05) is 33.3 Å². The summed E-state index contributed by atoms with van der Waals surface area (Å²) in [5.41, 5.74) is 0.174. The summed E-state index contributed by atoms with van der Waals surface area (Å²) in [5, 5.41) is 0. The fourth-order valence-electron chi connectivity index (χ4n) is 2.76. The molecule has 0 unspecified atom stereocenters.